The molecule has 0 saturated heterocycles. The Labute approximate surface area is 111 Å². The van der Waals surface area contributed by atoms with Gasteiger partial charge in [-0.25, -0.2) is 0 Å². The van der Waals surface area contributed by atoms with E-state index in [0.717, 1.165) is 32.0 Å². The Morgan fingerprint density at radius 1 is 0.833 bits per heavy atom. The van der Waals surface area contributed by atoms with Gasteiger partial charge in [0.2, 0.25) is 0 Å². The summed E-state index contributed by atoms with van der Waals surface area (Å²) in [5.74, 6) is 5.83. The molecule has 0 aliphatic carbocycles. The fraction of sp³-hybridized carbons (Fsp3) is 0.353. The Morgan fingerprint density at radius 3 is 2.17 bits per heavy atom. The van der Waals surface area contributed by atoms with Crippen LogP contribution in [0.5, 0.6) is 0 Å². The molecule has 0 aliphatic heterocycles. The molecule has 0 aromatic rings. The van der Waals surface area contributed by atoms with E-state index in [1.54, 1.807) is 0 Å². The van der Waals surface area contributed by atoms with E-state index in [9.17, 15) is 4.79 Å². The van der Waals surface area contributed by atoms with Gasteiger partial charge in [-0.1, -0.05) is 54.7 Å². The third-order valence-corrected chi connectivity index (χ3v) is 2.19. The third-order valence-electron chi connectivity index (χ3n) is 2.19. The molecular weight excluding hydrogens is 220 g/mol. The topological polar surface area (TPSA) is 17.1 Å². The predicted octanol–water partition coefficient (Wildman–Crippen LogP) is 4.38. The number of carbonyl (C=O) groups is 1. The maximum absolute atomic E-state index is 10.1. The van der Waals surface area contributed by atoms with Crippen LogP contribution in [-0.2, 0) is 4.79 Å². The Kier molecular flexibility index (Phi) is 13.7. The summed E-state index contributed by atoms with van der Waals surface area (Å²) < 4.78 is 0. The number of unbranched alkanes of at least 4 members (excludes halogenated alkanes) is 4. The fourth-order valence-electron chi connectivity index (χ4n) is 1.26. The van der Waals surface area contributed by atoms with Crippen molar-refractivity contribution in [3.05, 3.63) is 48.6 Å². The number of rotatable bonds is 8. The standard InChI is InChI=1S/C17H22O/c1-2-3-4-5-6-7-8-9-10-11-12-13-14-15-16-17-18/h2-5,8-11,17H,12-16H2,1H3/b3-2+,5-4+,9-8+,11-10+. The van der Waals surface area contributed by atoms with Gasteiger partial charge >= 0.3 is 0 Å². The molecule has 0 unspecified atom stereocenters. The summed E-state index contributed by atoms with van der Waals surface area (Å²) in [5.41, 5.74) is 0. The maximum Gasteiger partial charge on any atom is 0.119 e. The first-order chi connectivity index (χ1) is 8.91. The molecule has 0 aromatic heterocycles. The van der Waals surface area contributed by atoms with Gasteiger partial charge in [0.1, 0.15) is 6.29 Å². The highest BCUT2D eigenvalue weighted by molar-refractivity contribution is 5.48. The molecule has 0 heterocycles. The first kappa shape index (κ1) is 16.2. The van der Waals surface area contributed by atoms with Crippen LogP contribution in [0.15, 0.2) is 48.6 Å². The van der Waals surface area contributed by atoms with E-state index in [-0.39, 0.29) is 0 Å². The fourth-order valence-corrected chi connectivity index (χ4v) is 1.26. The highest BCUT2D eigenvalue weighted by atomic mass is 16.1. The van der Waals surface area contributed by atoms with Crippen LogP contribution in [0, 0.1) is 11.8 Å². The molecule has 1 heteroatoms. The SMILES string of the molecule is C/C=C/C=C/C#C/C=C/C=C/CCCCCC=O. The van der Waals surface area contributed by atoms with Gasteiger partial charge in [-0.3, -0.25) is 0 Å². The van der Waals surface area contributed by atoms with E-state index in [1.165, 1.54) is 0 Å². The second-order valence-corrected chi connectivity index (χ2v) is 3.77. The zero-order valence-electron chi connectivity index (χ0n) is 11.1. The van der Waals surface area contributed by atoms with Gasteiger partial charge in [-0.15, -0.1) is 0 Å². The lowest BCUT2D eigenvalue weighted by Crippen LogP contribution is -1.77. The number of carbonyl (C=O) groups excluding carboxylic acids is 1. The highest BCUT2D eigenvalue weighted by Crippen LogP contribution is 2.02. The molecule has 0 fully saturated rings. The van der Waals surface area contributed by atoms with E-state index in [2.05, 4.69) is 17.9 Å². The van der Waals surface area contributed by atoms with Gasteiger partial charge in [-0.2, -0.15) is 0 Å². The van der Waals surface area contributed by atoms with E-state index < -0.39 is 0 Å². The number of allylic oxidation sites excluding steroid dienone is 8. The number of hydrogen-bond donors (Lipinski definition) is 0. The molecule has 0 rings (SSSR count). The average molecular weight is 242 g/mol. The van der Waals surface area contributed by atoms with Crippen molar-refractivity contribution < 1.29 is 4.79 Å². The minimum atomic E-state index is 0.694. The number of aldehydes is 1. The Balaban J connectivity index is 3.53. The Hall–Kier alpha value is -1.81. The smallest absolute Gasteiger partial charge is 0.119 e. The van der Waals surface area contributed by atoms with Crippen LogP contribution >= 0.6 is 0 Å². The minimum Gasteiger partial charge on any atom is -0.303 e. The largest absolute Gasteiger partial charge is 0.303 e. The quantitative estimate of drug-likeness (QED) is 0.267. The van der Waals surface area contributed by atoms with Crippen LogP contribution in [0.3, 0.4) is 0 Å². The van der Waals surface area contributed by atoms with Crippen molar-refractivity contribution in [2.45, 2.75) is 39.0 Å². The molecule has 0 bridgehead atoms. The van der Waals surface area contributed by atoms with E-state index in [1.807, 2.05) is 49.5 Å². The lowest BCUT2D eigenvalue weighted by Gasteiger charge is -1.92. The van der Waals surface area contributed by atoms with Gasteiger partial charge in [-0.05, 0) is 38.3 Å². The van der Waals surface area contributed by atoms with Gasteiger partial charge in [0, 0.05) is 6.42 Å². The van der Waals surface area contributed by atoms with Gasteiger partial charge < -0.3 is 4.79 Å². The molecule has 0 aliphatic rings. The molecule has 0 N–H and O–H groups in total. The third kappa shape index (κ3) is 14.2. The molecule has 0 spiro atoms. The summed E-state index contributed by atoms with van der Waals surface area (Å²) in [5, 5.41) is 0. The van der Waals surface area contributed by atoms with Gasteiger partial charge in [0.05, 0.1) is 0 Å². The predicted molar refractivity (Wildman–Crippen MR) is 79.2 cm³/mol. The molecule has 0 atom stereocenters. The zero-order valence-corrected chi connectivity index (χ0v) is 11.1. The van der Waals surface area contributed by atoms with Gasteiger partial charge in [0.15, 0.2) is 0 Å². The van der Waals surface area contributed by atoms with Crippen molar-refractivity contribution in [3.63, 3.8) is 0 Å². The molecule has 96 valence electrons. The average Bonchev–Trinajstić information content (AvgIpc) is 2.39. The van der Waals surface area contributed by atoms with Crippen LogP contribution < -0.4 is 0 Å². The van der Waals surface area contributed by atoms with Crippen molar-refractivity contribution in [3.8, 4) is 11.8 Å². The molecule has 0 radical (unpaired) electrons. The van der Waals surface area contributed by atoms with E-state index in [0.29, 0.717) is 6.42 Å². The van der Waals surface area contributed by atoms with Crippen LogP contribution in [0.1, 0.15) is 39.0 Å². The molecular formula is C17H22O. The molecule has 0 saturated carbocycles. The summed E-state index contributed by atoms with van der Waals surface area (Å²) >= 11 is 0. The van der Waals surface area contributed by atoms with Gasteiger partial charge in [0.25, 0.3) is 0 Å². The van der Waals surface area contributed by atoms with Crippen molar-refractivity contribution >= 4 is 6.29 Å². The second kappa shape index (κ2) is 15.2. The van der Waals surface area contributed by atoms with E-state index >= 15 is 0 Å². The first-order valence-corrected chi connectivity index (χ1v) is 6.46. The van der Waals surface area contributed by atoms with Crippen LogP contribution in [0.4, 0.5) is 0 Å². The molecule has 0 aromatic carbocycles. The summed E-state index contributed by atoms with van der Waals surface area (Å²) in [6.45, 7) is 1.97. The summed E-state index contributed by atoms with van der Waals surface area (Å²) in [6.07, 6.45) is 21.6. The van der Waals surface area contributed by atoms with Crippen LogP contribution in [0.25, 0.3) is 0 Å². The lowest BCUT2D eigenvalue weighted by molar-refractivity contribution is -0.107. The van der Waals surface area contributed by atoms with Crippen molar-refractivity contribution in [2.24, 2.45) is 0 Å². The maximum atomic E-state index is 10.1. The van der Waals surface area contributed by atoms with Crippen molar-refractivity contribution in [2.75, 3.05) is 0 Å². The van der Waals surface area contributed by atoms with Crippen molar-refractivity contribution in [1.29, 1.82) is 0 Å². The molecule has 0 amide bonds. The monoisotopic (exact) mass is 242 g/mol. The normalized spacial score (nSPS) is 11.6. The summed E-state index contributed by atoms with van der Waals surface area (Å²) in [6, 6.07) is 0. The summed E-state index contributed by atoms with van der Waals surface area (Å²) in [7, 11) is 0. The van der Waals surface area contributed by atoms with Crippen LogP contribution in [-0.4, -0.2) is 6.29 Å². The van der Waals surface area contributed by atoms with Crippen molar-refractivity contribution in [1.82, 2.24) is 0 Å². The Morgan fingerprint density at radius 2 is 1.50 bits per heavy atom. The number of hydrogen-bond acceptors (Lipinski definition) is 1. The first-order valence-electron chi connectivity index (χ1n) is 6.46. The molecule has 18 heavy (non-hydrogen) atoms. The zero-order chi connectivity index (χ0) is 13.3. The Bertz CT molecular complexity index is 359. The summed E-state index contributed by atoms with van der Waals surface area (Å²) in [4.78, 5) is 10.1. The molecule has 1 nitrogen and oxygen atoms in total. The second-order valence-electron chi connectivity index (χ2n) is 3.77. The lowest BCUT2D eigenvalue weighted by atomic mass is 10.1. The van der Waals surface area contributed by atoms with E-state index in [4.69, 9.17) is 0 Å². The highest BCUT2D eigenvalue weighted by Gasteiger charge is 1.85. The van der Waals surface area contributed by atoms with Crippen LogP contribution in [0.2, 0.25) is 0 Å². The minimum absolute atomic E-state index is 0.694.